The summed E-state index contributed by atoms with van der Waals surface area (Å²) in [5.41, 5.74) is 10.3. The number of aldehydes is 1. The van der Waals surface area contributed by atoms with Gasteiger partial charge in [-0.15, -0.1) is 0 Å². The zero-order valence-electron chi connectivity index (χ0n) is 19.1. The number of hydrazone groups is 1. The van der Waals surface area contributed by atoms with Crippen molar-refractivity contribution >= 4 is 52.8 Å². The third-order valence-corrected chi connectivity index (χ3v) is 6.09. The van der Waals surface area contributed by atoms with Crippen LogP contribution in [0.2, 0.25) is 5.02 Å². The quantitative estimate of drug-likeness (QED) is 0.201. The molecule has 2 aromatic carbocycles. The molecule has 1 aromatic heterocycles. The van der Waals surface area contributed by atoms with Crippen molar-refractivity contribution in [3.63, 3.8) is 0 Å². The van der Waals surface area contributed by atoms with Gasteiger partial charge in [0.2, 0.25) is 0 Å². The molecule has 3 aromatic rings. The summed E-state index contributed by atoms with van der Waals surface area (Å²) in [5.74, 6) is -0.782. The SMILES string of the molecule is CC1=C(N(/N=C/C=O)c2ccc(N)cc2F)c2cc(NC(=O)c3ccncc3Cl)ccc2C(C)C1. The molecule has 178 valence electrons. The van der Waals surface area contributed by atoms with Crippen molar-refractivity contribution in [3.8, 4) is 0 Å². The average Bonchev–Trinajstić information content (AvgIpc) is 2.81. The highest BCUT2D eigenvalue weighted by molar-refractivity contribution is 6.34. The van der Waals surface area contributed by atoms with Gasteiger partial charge >= 0.3 is 0 Å². The molecule has 1 amide bonds. The van der Waals surface area contributed by atoms with E-state index in [1.807, 2.05) is 25.1 Å². The molecule has 0 radical (unpaired) electrons. The molecule has 0 saturated heterocycles. The Balaban J connectivity index is 1.81. The molecule has 7 nitrogen and oxygen atoms in total. The second-order valence-corrected chi connectivity index (χ2v) is 8.68. The highest BCUT2D eigenvalue weighted by atomic mass is 35.5. The molecule has 0 fully saturated rings. The van der Waals surface area contributed by atoms with Gasteiger partial charge in [0.15, 0.2) is 12.1 Å². The number of nitrogens with two attached hydrogens (primary N) is 1. The lowest BCUT2D eigenvalue weighted by atomic mass is 9.82. The standard InChI is InChI=1S/C26H23ClFN5O2/c1-15-11-16(2)25(33(31-9-10-34)24-6-3-17(29)12-23(24)28)21-13-18(4-5-19(15)21)32-26(35)20-7-8-30-14-22(20)27/h3-10,12-15H,11,29H2,1-2H3,(H,32,35)/b31-9+. The molecule has 4 rings (SSSR count). The molecule has 0 saturated carbocycles. The van der Waals surface area contributed by atoms with Crippen LogP contribution >= 0.6 is 11.6 Å². The topological polar surface area (TPSA) is 101 Å². The van der Waals surface area contributed by atoms with E-state index in [9.17, 15) is 14.0 Å². The van der Waals surface area contributed by atoms with E-state index >= 15 is 0 Å². The molecular formula is C26H23ClFN5O2. The Morgan fingerprint density at radius 1 is 1.29 bits per heavy atom. The third kappa shape index (κ3) is 4.93. The monoisotopic (exact) mass is 491 g/mol. The molecule has 9 heteroatoms. The van der Waals surface area contributed by atoms with Gasteiger partial charge in [-0.1, -0.05) is 24.6 Å². The largest absolute Gasteiger partial charge is 0.399 e. The number of rotatable bonds is 6. The predicted molar refractivity (Wildman–Crippen MR) is 137 cm³/mol. The van der Waals surface area contributed by atoms with E-state index in [2.05, 4.69) is 22.3 Å². The van der Waals surface area contributed by atoms with Crippen molar-refractivity contribution in [2.45, 2.75) is 26.2 Å². The molecule has 35 heavy (non-hydrogen) atoms. The van der Waals surface area contributed by atoms with Crippen LogP contribution in [-0.4, -0.2) is 23.4 Å². The van der Waals surface area contributed by atoms with Gasteiger partial charge in [-0.2, -0.15) is 5.10 Å². The first-order chi connectivity index (χ1) is 16.8. The maximum absolute atomic E-state index is 15.0. The van der Waals surface area contributed by atoms with Crippen LogP contribution < -0.4 is 16.1 Å². The van der Waals surface area contributed by atoms with Crippen LogP contribution in [0.1, 0.15) is 47.7 Å². The van der Waals surface area contributed by atoms with Crippen molar-refractivity contribution in [3.05, 3.63) is 88.0 Å². The van der Waals surface area contributed by atoms with Crippen LogP contribution in [0.25, 0.3) is 5.70 Å². The Morgan fingerprint density at radius 3 is 2.80 bits per heavy atom. The average molecular weight is 492 g/mol. The lowest BCUT2D eigenvalue weighted by Gasteiger charge is -2.32. The van der Waals surface area contributed by atoms with Crippen molar-refractivity contribution in [1.82, 2.24) is 4.98 Å². The number of nitrogens with zero attached hydrogens (tertiary/aromatic N) is 3. The summed E-state index contributed by atoms with van der Waals surface area (Å²) >= 11 is 6.12. The van der Waals surface area contributed by atoms with E-state index in [4.69, 9.17) is 17.3 Å². The van der Waals surface area contributed by atoms with Crippen LogP contribution in [-0.2, 0) is 4.79 Å². The normalized spacial score (nSPS) is 15.1. The number of allylic oxidation sites excluding steroid dienone is 1. The molecule has 3 N–H and O–H groups in total. The van der Waals surface area contributed by atoms with E-state index in [0.717, 1.165) is 22.9 Å². The van der Waals surface area contributed by atoms with E-state index in [1.54, 1.807) is 6.07 Å². The van der Waals surface area contributed by atoms with Crippen LogP contribution in [0.4, 0.5) is 21.5 Å². The van der Waals surface area contributed by atoms with E-state index < -0.39 is 5.82 Å². The molecule has 1 unspecified atom stereocenters. The smallest absolute Gasteiger partial charge is 0.257 e. The summed E-state index contributed by atoms with van der Waals surface area (Å²) < 4.78 is 15.0. The number of hydrogen-bond donors (Lipinski definition) is 2. The first-order valence-corrected chi connectivity index (χ1v) is 11.3. The number of anilines is 3. The minimum absolute atomic E-state index is 0.144. The molecule has 1 heterocycles. The predicted octanol–water partition coefficient (Wildman–Crippen LogP) is 5.64. The third-order valence-electron chi connectivity index (χ3n) is 5.79. The first-order valence-electron chi connectivity index (χ1n) is 10.9. The lowest BCUT2D eigenvalue weighted by molar-refractivity contribution is -0.102. The summed E-state index contributed by atoms with van der Waals surface area (Å²) in [5, 5.41) is 8.74. The Hall–Kier alpha value is -4.04. The van der Waals surface area contributed by atoms with E-state index in [-0.39, 0.29) is 28.2 Å². The molecule has 1 atom stereocenters. The fraction of sp³-hybridized carbons (Fsp3) is 0.154. The minimum atomic E-state index is -0.578. The van der Waals surface area contributed by atoms with Gasteiger partial charge in [0.25, 0.3) is 5.91 Å². The lowest BCUT2D eigenvalue weighted by Crippen LogP contribution is -2.23. The number of benzene rings is 2. The van der Waals surface area contributed by atoms with Gasteiger partial charge in [0.05, 0.1) is 22.5 Å². The van der Waals surface area contributed by atoms with E-state index in [1.165, 1.54) is 35.6 Å². The Labute approximate surface area is 207 Å². The fourth-order valence-electron chi connectivity index (χ4n) is 4.25. The Morgan fingerprint density at radius 2 is 2.09 bits per heavy atom. The molecule has 0 aliphatic heterocycles. The summed E-state index contributed by atoms with van der Waals surface area (Å²) in [6, 6.07) is 11.4. The number of aromatic nitrogens is 1. The number of nitrogens with one attached hydrogen (secondary N) is 1. The second-order valence-electron chi connectivity index (χ2n) is 8.27. The fourth-order valence-corrected chi connectivity index (χ4v) is 4.45. The van der Waals surface area contributed by atoms with Gasteiger partial charge in [0.1, 0.15) is 5.69 Å². The molecule has 0 bridgehead atoms. The van der Waals surface area contributed by atoms with Gasteiger partial charge in [-0.25, -0.2) is 9.40 Å². The van der Waals surface area contributed by atoms with Crippen LogP contribution in [0, 0.1) is 5.82 Å². The summed E-state index contributed by atoms with van der Waals surface area (Å²) in [4.78, 5) is 27.8. The summed E-state index contributed by atoms with van der Waals surface area (Å²) in [6.45, 7) is 4.03. The zero-order valence-corrected chi connectivity index (χ0v) is 19.9. The molecule has 1 aliphatic carbocycles. The number of fused-ring (bicyclic) bond motifs is 1. The van der Waals surface area contributed by atoms with Gasteiger partial charge in [-0.3, -0.25) is 14.6 Å². The van der Waals surface area contributed by atoms with Crippen LogP contribution in [0.3, 0.4) is 0 Å². The number of carbonyl (C=O) groups is 2. The van der Waals surface area contributed by atoms with Gasteiger partial charge in [-0.05, 0) is 66.8 Å². The van der Waals surface area contributed by atoms with Crippen LogP contribution in [0.5, 0.6) is 0 Å². The van der Waals surface area contributed by atoms with Crippen molar-refractivity contribution in [1.29, 1.82) is 0 Å². The second kappa shape index (κ2) is 10.1. The molecular weight excluding hydrogens is 469 g/mol. The van der Waals surface area contributed by atoms with E-state index in [0.29, 0.717) is 29.7 Å². The van der Waals surface area contributed by atoms with Crippen molar-refractivity contribution in [2.24, 2.45) is 5.10 Å². The number of carbonyl (C=O) groups excluding carboxylic acids is 2. The summed E-state index contributed by atoms with van der Waals surface area (Å²) in [7, 11) is 0. The number of nitrogen functional groups attached to an aromatic ring is 1. The highest BCUT2D eigenvalue weighted by Gasteiger charge is 2.28. The van der Waals surface area contributed by atoms with Gasteiger partial charge < -0.3 is 11.1 Å². The number of halogens is 2. The van der Waals surface area contributed by atoms with Crippen LogP contribution in [0.15, 0.2) is 65.5 Å². The van der Waals surface area contributed by atoms with Crippen molar-refractivity contribution < 1.29 is 14.0 Å². The number of hydrogen-bond acceptors (Lipinski definition) is 6. The molecule has 0 spiro atoms. The van der Waals surface area contributed by atoms with Gasteiger partial charge in [0, 0.05) is 29.3 Å². The number of amides is 1. The van der Waals surface area contributed by atoms with Crippen molar-refractivity contribution in [2.75, 3.05) is 16.1 Å². The molecule has 1 aliphatic rings. The first kappa shape index (κ1) is 24.1. The summed E-state index contributed by atoms with van der Waals surface area (Å²) in [6.07, 6.45) is 5.19. The maximum atomic E-state index is 15.0. The maximum Gasteiger partial charge on any atom is 0.257 e. The Bertz CT molecular complexity index is 1370. The zero-order chi connectivity index (χ0) is 25.1. The minimum Gasteiger partial charge on any atom is -0.399 e. The number of pyridine rings is 1. The Kier molecular flexibility index (Phi) is 6.93. The highest BCUT2D eigenvalue weighted by Crippen LogP contribution is 2.43.